The molecule has 176 valence electrons. The summed E-state index contributed by atoms with van der Waals surface area (Å²) in [6.45, 7) is 14.0. The Morgan fingerprint density at radius 3 is 2.50 bits per heavy atom. The van der Waals surface area contributed by atoms with Crippen LogP contribution in [-0.2, 0) is 11.3 Å². The zero-order chi connectivity index (χ0) is 22.9. The first kappa shape index (κ1) is 23.1. The third-order valence-corrected chi connectivity index (χ3v) is 7.38. The van der Waals surface area contributed by atoms with Crippen molar-refractivity contribution in [3.63, 3.8) is 0 Å². The second-order valence-corrected chi connectivity index (χ2v) is 10.6. The van der Waals surface area contributed by atoms with Crippen molar-refractivity contribution < 1.29 is 14.3 Å². The first-order chi connectivity index (χ1) is 15.2. The second-order valence-electron chi connectivity index (χ2n) is 10.6. The molecule has 1 aromatic carbocycles. The minimum absolute atomic E-state index is 0.0454. The molecule has 1 aliphatic carbocycles. The molecule has 0 unspecified atom stereocenters. The third-order valence-electron chi connectivity index (χ3n) is 7.38. The maximum atomic E-state index is 13.6. The molecule has 7 nitrogen and oxygen atoms in total. The molecular formula is C25H38N4O3. The molecule has 2 fully saturated rings. The van der Waals surface area contributed by atoms with E-state index in [1.165, 1.54) is 6.42 Å². The molecule has 2 heterocycles. The van der Waals surface area contributed by atoms with Crippen molar-refractivity contribution in [2.75, 3.05) is 40.0 Å². The number of nitrogens with one attached hydrogen (secondary N) is 1. The van der Waals surface area contributed by atoms with E-state index in [0.29, 0.717) is 12.2 Å². The van der Waals surface area contributed by atoms with Gasteiger partial charge >= 0.3 is 0 Å². The summed E-state index contributed by atoms with van der Waals surface area (Å²) < 4.78 is 13.0. The predicted octanol–water partition coefficient (Wildman–Crippen LogP) is 3.71. The van der Waals surface area contributed by atoms with Crippen molar-refractivity contribution in [3.05, 3.63) is 23.9 Å². The molecule has 1 aliphatic heterocycles. The zero-order valence-corrected chi connectivity index (χ0v) is 20.2. The summed E-state index contributed by atoms with van der Waals surface area (Å²) in [6.07, 6.45) is 3.43. The van der Waals surface area contributed by atoms with Gasteiger partial charge in [0.25, 0.3) is 5.91 Å². The highest BCUT2D eigenvalue weighted by Gasteiger charge is 2.45. The molecule has 32 heavy (non-hydrogen) atoms. The quantitative estimate of drug-likeness (QED) is 0.739. The fourth-order valence-corrected chi connectivity index (χ4v) is 5.70. The van der Waals surface area contributed by atoms with Crippen molar-refractivity contribution in [2.24, 2.45) is 10.8 Å². The van der Waals surface area contributed by atoms with E-state index in [0.717, 1.165) is 62.3 Å². The summed E-state index contributed by atoms with van der Waals surface area (Å²) in [4.78, 5) is 15.9. The van der Waals surface area contributed by atoms with Gasteiger partial charge in [0.2, 0.25) is 0 Å². The van der Waals surface area contributed by atoms with E-state index in [-0.39, 0.29) is 22.8 Å². The Kier molecular flexibility index (Phi) is 6.50. The molecule has 0 bridgehead atoms. The third kappa shape index (κ3) is 4.50. The summed E-state index contributed by atoms with van der Waals surface area (Å²) in [5.74, 6) is 0.649. The van der Waals surface area contributed by atoms with E-state index in [9.17, 15) is 4.79 Å². The predicted molar refractivity (Wildman–Crippen MR) is 126 cm³/mol. The Labute approximate surface area is 191 Å². The Morgan fingerprint density at radius 1 is 1.16 bits per heavy atom. The molecule has 7 heteroatoms. The van der Waals surface area contributed by atoms with Crippen LogP contribution >= 0.6 is 0 Å². The number of para-hydroxylation sites is 1. The van der Waals surface area contributed by atoms with Crippen LogP contribution in [0, 0.1) is 10.8 Å². The number of morpholine rings is 1. The smallest absolute Gasteiger partial charge is 0.272 e. The average Bonchev–Trinajstić information content (AvgIpc) is 3.14. The minimum Gasteiger partial charge on any atom is -0.494 e. The number of carbonyl (C=O) groups excluding carboxylic acids is 1. The van der Waals surface area contributed by atoms with E-state index in [2.05, 4.69) is 37.9 Å². The molecule has 1 saturated carbocycles. The van der Waals surface area contributed by atoms with E-state index in [1.54, 1.807) is 7.11 Å². The fourth-order valence-electron chi connectivity index (χ4n) is 5.70. The standard InChI is InChI=1S/C25H38N4O3/c1-24(2)10-7-11-25(3,4)23(24)26-22(30)20-18-8-6-9-19(31-5)21(18)29(27-20)13-12-28-14-16-32-17-15-28/h6,8-9,23H,7,10-17H2,1-5H3,(H,26,30). The molecular weight excluding hydrogens is 404 g/mol. The van der Waals surface area contributed by atoms with Crippen molar-refractivity contribution in [3.8, 4) is 5.75 Å². The van der Waals surface area contributed by atoms with E-state index in [1.807, 2.05) is 22.9 Å². The van der Waals surface area contributed by atoms with Gasteiger partial charge in [0.05, 0.1) is 26.9 Å². The molecule has 1 aromatic heterocycles. The monoisotopic (exact) mass is 442 g/mol. The van der Waals surface area contributed by atoms with Crippen molar-refractivity contribution in [2.45, 2.75) is 59.5 Å². The van der Waals surface area contributed by atoms with Gasteiger partial charge in [-0.25, -0.2) is 0 Å². The van der Waals surface area contributed by atoms with Crippen LogP contribution in [0.1, 0.15) is 57.4 Å². The number of nitrogens with zero attached hydrogens (tertiary/aromatic N) is 3. The number of rotatable bonds is 6. The number of hydrogen-bond donors (Lipinski definition) is 1. The molecule has 0 spiro atoms. The van der Waals surface area contributed by atoms with Gasteiger partial charge in [-0.3, -0.25) is 14.4 Å². The lowest BCUT2D eigenvalue weighted by Crippen LogP contribution is -2.55. The van der Waals surface area contributed by atoms with Gasteiger partial charge in [0, 0.05) is 31.1 Å². The number of ether oxygens (including phenoxy) is 2. The van der Waals surface area contributed by atoms with E-state index >= 15 is 0 Å². The zero-order valence-electron chi connectivity index (χ0n) is 20.2. The van der Waals surface area contributed by atoms with Gasteiger partial charge < -0.3 is 14.8 Å². The van der Waals surface area contributed by atoms with Gasteiger partial charge in [-0.15, -0.1) is 0 Å². The molecule has 2 aromatic rings. The summed E-state index contributed by atoms with van der Waals surface area (Å²) in [7, 11) is 1.67. The minimum atomic E-state index is -0.0959. The molecule has 0 radical (unpaired) electrons. The number of aromatic nitrogens is 2. The van der Waals surface area contributed by atoms with Crippen LogP contribution in [0.25, 0.3) is 10.9 Å². The molecule has 2 aliphatic rings. The number of carbonyl (C=O) groups is 1. The first-order valence-corrected chi connectivity index (χ1v) is 11.9. The number of hydrogen-bond acceptors (Lipinski definition) is 5. The Balaban J connectivity index is 1.63. The van der Waals surface area contributed by atoms with Gasteiger partial charge in [0.1, 0.15) is 11.3 Å². The van der Waals surface area contributed by atoms with Crippen molar-refractivity contribution in [1.82, 2.24) is 20.0 Å². The van der Waals surface area contributed by atoms with Gasteiger partial charge in [-0.2, -0.15) is 5.10 Å². The molecule has 1 N–H and O–H groups in total. The SMILES string of the molecule is COc1cccc2c(C(=O)NC3C(C)(C)CCCC3(C)C)nn(CCN3CCOCC3)c12. The average molecular weight is 443 g/mol. The maximum absolute atomic E-state index is 13.6. The summed E-state index contributed by atoms with van der Waals surface area (Å²) >= 11 is 0. The van der Waals surface area contributed by atoms with Crippen LogP contribution in [0.3, 0.4) is 0 Å². The Bertz CT molecular complexity index is 943. The molecule has 4 rings (SSSR count). The van der Waals surface area contributed by atoms with Gasteiger partial charge in [0.15, 0.2) is 5.69 Å². The largest absolute Gasteiger partial charge is 0.494 e. The van der Waals surface area contributed by atoms with Gasteiger partial charge in [-0.05, 0) is 29.7 Å². The highest BCUT2D eigenvalue weighted by atomic mass is 16.5. The van der Waals surface area contributed by atoms with Crippen LogP contribution in [0.5, 0.6) is 5.75 Å². The topological polar surface area (TPSA) is 68.6 Å². The van der Waals surface area contributed by atoms with Crippen LogP contribution in [0.4, 0.5) is 0 Å². The number of amides is 1. The fraction of sp³-hybridized carbons (Fsp3) is 0.680. The van der Waals surface area contributed by atoms with Crippen LogP contribution in [0.2, 0.25) is 0 Å². The van der Waals surface area contributed by atoms with Gasteiger partial charge in [-0.1, -0.05) is 46.2 Å². The summed E-state index contributed by atoms with van der Waals surface area (Å²) in [5.41, 5.74) is 1.46. The normalized spacial score (nSPS) is 21.5. The highest BCUT2D eigenvalue weighted by Crippen LogP contribution is 2.46. The number of benzene rings is 1. The number of methoxy groups -OCH3 is 1. The highest BCUT2D eigenvalue weighted by molar-refractivity contribution is 6.06. The lowest BCUT2D eigenvalue weighted by molar-refractivity contribution is 0.0360. The van der Waals surface area contributed by atoms with Crippen molar-refractivity contribution in [1.29, 1.82) is 0 Å². The van der Waals surface area contributed by atoms with E-state index in [4.69, 9.17) is 14.6 Å². The van der Waals surface area contributed by atoms with Crippen molar-refractivity contribution >= 4 is 16.8 Å². The van der Waals surface area contributed by atoms with Crippen LogP contribution in [-0.4, -0.2) is 66.6 Å². The first-order valence-electron chi connectivity index (χ1n) is 11.9. The Morgan fingerprint density at radius 2 is 1.84 bits per heavy atom. The van der Waals surface area contributed by atoms with E-state index < -0.39 is 0 Å². The van der Waals surface area contributed by atoms with Crippen LogP contribution in [0.15, 0.2) is 18.2 Å². The van der Waals surface area contributed by atoms with Crippen LogP contribution < -0.4 is 10.1 Å². The Hall–Kier alpha value is -2.12. The molecule has 1 saturated heterocycles. The maximum Gasteiger partial charge on any atom is 0.272 e. The number of fused-ring (bicyclic) bond motifs is 1. The molecule has 0 atom stereocenters. The lowest BCUT2D eigenvalue weighted by atomic mass is 9.61. The lowest BCUT2D eigenvalue weighted by Gasteiger charge is -2.49. The summed E-state index contributed by atoms with van der Waals surface area (Å²) in [6, 6.07) is 5.93. The second kappa shape index (κ2) is 9.02. The molecule has 1 amide bonds. The summed E-state index contributed by atoms with van der Waals surface area (Å²) in [5, 5.41) is 9.03.